The molecule has 0 atom stereocenters. The Kier molecular flexibility index (Phi) is 2.77. The highest BCUT2D eigenvalue weighted by Gasteiger charge is 2.42. The Balaban J connectivity index is 2.07. The van der Waals surface area contributed by atoms with Crippen LogP contribution in [-0.4, -0.2) is 36.9 Å². The molecule has 0 bridgehead atoms. The fraction of sp³-hybridized carbons (Fsp3) is 0.667. The zero-order valence-corrected chi connectivity index (χ0v) is 9.84. The van der Waals surface area contributed by atoms with Crippen LogP contribution >= 0.6 is 0 Å². The second-order valence-electron chi connectivity index (χ2n) is 4.34. The van der Waals surface area contributed by atoms with Gasteiger partial charge in [-0.05, 0) is 19.8 Å². The Bertz CT molecular complexity index is 476. The Morgan fingerprint density at radius 2 is 2.31 bits per heavy atom. The lowest BCUT2D eigenvalue weighted by Gasteiger charge is -2.12. The highest BCUT2D eigenvalue weighted by atomic mass is 32.2. The number of aromatic amines is 1. The summed E-state index contributed by atoms with van der Waals surface area (Å²) in [4.78, 5) is 0.168. The first kappa shape index (κ1) is 11.6. The monoisotopic (exact) mass is 245 g/mol. The van der Waals surface area contributed by atoms with Crippen LogP contribution in [0.4, 0.5) is 0 Å². The van der Waals surface area contributed by atoms with E-state index in [0.29, 0.717) is 5.69 Å². The van der Waals surface area contributed by atoms with E-state index in [-0.39, 0.29) is 23.5 Å². The first-order valence-corrected chi connectivity index (χ1v) is 6.58. The van der Waals surface area contributed by atoms with Gasteiger partial charge in [0.05, 0.1) is 11.9 Å². The van der Waals surface area contributed by atoms with E-state index in [1.54, 1.807) is 6.92 Å². The Morgan fingerprint density at radius 3 is 2.75 bits per heavy atom. The Morgan fingerprint density at radius 1 is 1.62 bits per heavy atom. The predicted octanol–water partition coefficient (Wildman–Crippen LogP) is -0.231. The van der Waals surface area contributed by atoms with Gasteiger partial charge >= 0.3 is 0 Å². The molecule has 1 aromatic heterocycles. The van der Waals surface area contributed by atoms with Gasteiger partial charge in [-0.2, -0.15) is 5.10 Å². The molecular formula is C9H15N3O3S. The normalized spacial score (nSPS) is 18.6. The standard InChI is InChI=1S/C9H15N3O3S/c1-7-8(4-10-12-7)16(14,15)11-5-9(6-13)2-3-9/h4,11,13H,2-3,5-6H2,1H3,(H,10,12). The van der Waals surface area contributed by atoms with Crippen molar-refractivity contribution in [3.63, 3.8) is 0 Å². The van der Waals surface area contributed by atoms with Gasteiger partial charge in [-0.15, -0.1) is 0 Å². The molecule has 0 spiro atoms. The molecule has 3 N–H and O–H groups in total. The first-order valence-electron chi connectivity index (χ1n) is 5.10. The molecule has 0 aliphatic heterocycles. The summed E-state index contributed by atoms with van der Waals surface area (Å²) >= 11 is 0. The topological polar surface area (TPSA) is 95.1 Å². The molecule has 0 amide bonds. The second-order valence-corrected chi connectivity index (χ2v) is 6.08. The van der Waals surface area contributed by atoms with Gasteiger partial charge in [0.2, 0.25) is 10.0 Å². The predicted molar refractivity (Wildman–Crippen MR) is 57.3 cm³/mol. The molecule has 7 heteroatoms. The maximum Gasteiger partial charge on any atom is 0.243 e. The fourth-order valence-electron chi connectivity index (χ4n) is 1.50. The van der Waals surface area contributed by atoms with Gasteiger partial charge in [0.25, 0.3) is 0 Å². The quantitative estimate of drug-likeness (QED) is 0.667. The summed E-state index contributed by atoms with van der Waals surface area (Å²) < 4.78 is 26.2. The minimum Gasteiger partial charge on any atom is -0.396 e. The molecular weight excluding hydrogens is 230 g/mol. The van der Waals surface area contributed by atoms with Crippen molar-refractivity contribution in [3.05, 3.63) is 11.9 Å². The highest BCUT2D eigenvalue weighted by molar-refractivity contribution is 7.89. The molecule has 16 heavy (non-hydrogen) atoms. The third-order valence-electron chi connectivity index (χ3n) is 3.00. The molecule has 2 rings (SSSR count). The summed E-state index contributed by atoms with van der Waals surface area (Å²) in [5.74, 6) is 0. The van der Waals surface area contributed by atoms with Crippen molar-refractivity contribution < 1.29 is 13.5 Å². The number of aliphatic hydroxyl groups is 1. The molecule has 0 unspecified atom stereocenters. The molecule has 1 aliphatic carbocycles. The highest BCUT2D eigenvalue weighted by Crippen LogP contribution is 2.44. The Labute approximate surface area is 94.1 Å². The SMILES string of the molecule is Cc1[nH]ncc1S(=O)(=O)NCC1(CO)CC1. The summed E-state index contributed by atoms with van der Waals surface area (Å²) in [5, 5.41) is 15.3. The van der Waals surface area contributed by atoms with Gasteiger partial charge < -0.3 is 5.11 Å². The summed E-state index contributed by atoms with van der Waals surface area (Å²) in [7, 11) is -3.51. The molecule has 1 heterocycles. The van der Waals surface area contributed by atoms with E-state index in [1.807, 2.05) is 0 Å². The van der Waals surface area contributed by atoms with Gasteiger partial charge in [0.1, 0.15) is 4.90 Å². The van der Waals surface area contributed by atoms with Crippen LogP contribution < -0.4 is 4.72 Å². The zero-order chi connectivity index (χ0) is 11.8. The lowest BCUT2D eigenvalue weighted by atomic mass is 10.1. The molecule has 0 radical (unpaired) electrons. The van der Waals surface area contributed by atoms with E-state index in [2.05, 4.69) is 14.9 Å². The van der Waals surface area contributed by atoms with E-state index >= 15 is 0 Å². The number of rotatable bonds is 5. The van der Waals surface area contributed by atoms with Gasteiger partial charge in [0.15, 0.2) is 0 Å². The number of aryl methyl sites for hydroxylation is 1. The van der Waals surface area contributed by atoms with Gasteiger partial charge in [-0.3, -0.25) is 5.10 Å². The van der Waals surface area contributed by atoms with Crippen LogP contribution in [0, 0.1) is 12.3 Å². The van der Waals surface area contributed by atoms with Gasteiger partial charge in [0, 0.05) is 18.6 Å². The number of sulfonamides is 1. The van der Waals surface area contributed by atoms with Crippen LogP contribution in [-0.2, 0) is 10.0 Å². The molecule has 1 aromatic rings. The number of H-pyrrole nitrogens is 1. The number of hydrogen-bond donors (Lipinski definition) is 3. The van der Waals surface area contributed by atoms with Crippen LogP contribution in [0.3, 0.4) is 0 Å². The third kappa shape index (κ3) is 2.11. The molecule has 1 aliphatic rings. The minimum atomic E-state index is -3.51. The van der Waals surface area contributed by atoms with Gasteiger partial charge in [-0.25, -0.2) is 13.1 Å². The molecule has 0 aromatic carbocycles. The van der Waals surface area contributed by atoms with Crippen LogP contribution in [0.15, 0.2) is 11.1 Å². The third-order valence-corrected chi connectivity index (χ3v) is 4.52. The molecule has 6 nitrogen and oxygen atoms in total. The van der Waals surface area contributed by atoms with Gasteiger partial charge in [-0.1, -0.05) is 0 Å². The van der Waals surface area contributed by atoms with Crippen LogP contribution in [0.1, 0.15) is 18.5 Å². The summed E-state index contributed by atoms with van der Waals surface area (Å²) in [6.07, 6.45) is 3.03. The van der Waals surface area contributed by atoms with Crippen molar-refractivity contribution in [2.24, 2.45) is 5.41 Å². The van der Waals surface area contributed by atoms with Crippen LogP contribution in [0.5, 0.6) is 0 Å². The van der Waals surface area contributed by atoms with Crippen molar-refractivity contribution in [1.29, 1.82) is 0 Å². The number of nitrogens with one attached hydrogen (secondary N) is 2. The lowest BCUT2D eigenvalue weighted by Crippen LogP contribution is -2.32. The lowest BCUT2D eigenvalue weighted by molar-refractivity contribution is 0.213. The average Bonchev–Trinajstić information content (AvgIpc) is 2.91. The molecule has 0 saturated heterocycles. The van der Waals surface area contributed by atoms with Crippen molar-refractivity contribution in [3.8, 4) is 0 Å². The van der Waals surface area contributed by atoms with Crippen molar-refractivity contribution in [1.82, 2.24) is 14.9 Å². The average molecular weight is 245 g/mol. The van der Waals surface area contributed by atoms with Crippen molar-refractivity contribution in [2.75, 3.05) is 13.2 Å². The maximum absolute atomic E-state index is 11.9. The summed E-state index contributed by atoms with van der Waals surface area (Å²) in [5.41, 5.74) is 0.284. The van der Waals surface area contributed by atoms with Crippen LogP contribution in [0.2, 0.25) is 0 Å². The molecule has 1 saturated carbocycles. The largest absolute Gasteiger partial charge is 0.396 e. The number of nitrogens with zero attached hydrogens (tertiary/aromatic N) is 1. The van der Waals surface area contributed by atoms with E-state index in [0.717, 1.165) is 12.8 Å². The minimum absolute atomic E-state index is 0.0277. The molecule has 1 fully saturated rings. The first-order chi connectivity index (χ1) is 7.49. The van der Waals surface area contributed by atoms with Crippen molar-refractivity contribution in [2.45, 2.75) is 24.7 Å². The zero-order valence-electron chi connectivity index (χ0n) is 9.02. The smallest absolute Gasteiger partial charge is 0.243 e. The number of hydrogen-bond acceptors (Lipinski definition) is 4. The second kappa shape index (κ2) is 3.83. The van der Waals surface area contributed by atoms with E-state index < -0.39 is 10.0 Å². The number of aliphatic hydroxyl groups excluding tert-OH is 1. The Hall–Kier alpha value is -0.920. The summed E-state index contributed by atoms with van der Waals surface area (Å²) in [6, 6.07) is 0. The molecule has 90 valence electrons. The van der Waals surface area contributed by atoms with E-state index in [9.17, 15) is 8.42 Å². The van der Waals surface area contributed by atoms with Crippen LogP contribution in [0.25, 0.3) is 0 Å². The van der Waals surface area contributed by atoms with Crippen molar-refractivity contribution >= 4 is 10.0 Å². The fourth-order valence-corrected chi connectivity index (χ4v) is 2.80. The number of aromatic nitrogens is 2. The maximum atomic E-state index is 11.9. The summed E-state index contributed by atoms with van der Waals surface area (Å²) in [6.45, 7) is 1.97. The van der Waals surface area contributed by atoms with E-state index in [4.69, 9.17) is 5.11 Å². The van der Waals surface area contributed by atoms with E-state index in [1.165, 1.54) is 6.20 Å².